The van der Waals surface area contributed by atoms with Crippen molar-refractivity contribution in [1.29, 1.82) is 0 Å². The molecule has 0 atom stereocenters. The summed E-state index contributed by atoms with van der Waals surface area (Å²) in [5.74, 6) is 1.10. The first-order valence-electron chi connectivity index (χ1n) is 5.16. The summed E-state index contributed by atoms with van der Waals surface area (Å²) in [7, 11) is 0. The molecule has 4 heteroatoms. The van der Waals surface area contributed by atoms with Crippen molar-refractivity contribution in [2.75, 3.05) is 6.61 Å². The zero-order valence-corrected chi connectivity index (χ0v) is 11.2. The summed E-state index contributed by atoms with van der Waals surface area (Å²) in [6.07, 6.45) is 0.768. The van der Waals surface area contributed by atoms with Gasteiger partial charge in [0.05, 0.1) is 18.3 Å². The van der Waals surface area contributed by atoms with Crippen LogP contribution in [0.1, 0.15) is 31.1 Å². The van der Waals surface area contributed by atoms with Gasteiger partial charge in [-0.3, -0.25) is 4.79 Å². The minimum atomic E-state index is -0.000850. The van der Waals surface area contributed by atoms with E-state index in [-0.39, 0.29) is 6.10 Å². The Bertz CT molecular complexity index is 375. The Morgan fingerprint density at radius 1 is 1.44 bits per heavy atom. The Balaban J connectivity index is 3.21. The average molecular weight is 287 g/mol. The number of rotatable bonds is 5. The van der Waals surface area contributed by atoms with Crippen LogP contribution in [0.5, 0.6) is 11.5 Å². The van der Waals surface area contributed by atoms with Gasteiger partial charge in [0.2, 0.25) is 0 Å². The van der Waals surface area contributed by atoms with Crippen molar-refractivity contribution in [2.24, 2.45) is 0 Å². The van der Waals surface area contributed by atoms with E-state index < -0.39 is 0 Å². The van der Waals surface area contributed by atoms with Gasteiger partial charge in [0.25, 0.3) is 0 Å². The summed E-state index contributed by atoms with van der Waals surface area (Å²) in [4.78, 5) is 11.0. The summed E-state index contributed by atoms with van der Waals surface area (Å²) in [5.41, 5.74) is 0.492. The highest BCUT2D eigenvalue weighted by Crippen LogP contribution is 2.34. The fourth-order valence-electron chi connectivity index (χ4n) is 1.30. The van der Waals surface area contributed by atoms with Gasteiger partial charge in [-0.2, -0.15) is 0 Å². The molecule has 0 amide bonds. The van der Waals surface area contributed by atoms with E-state index in [1.54, 1.807) is 12.1 Å². The second-order valence-corrected chi connectivity index (χ2v) is 4.46. The van der Waals surface area contributed by atoms with Gasteiger partial charge in [0, 0.05) is 4.47 Å². The average Bonchev–Trinajstić information content (AvgIpc) is 2.21. The van der Waals surface area contributed by atoms with Crippen LogP contribution in [-0.2, 0) is 0 Å². The Labute approximate surface area is 104 Å². The molecule has 0 aromatic heterocycles. The molecule has 1 aromatic carbocycles. The van der Waals surface area contributed by atoms with Gasteiger partial charge in [0.15, 0.2) is 17.8 Å². The predicted molar refractivity (Wildman–Crippen MR) is 66.5 cm³/mol. The number of ether oxygens (including phenoxy) is 2. The molecule has 0 aliphatic carbocycles. The number of halogens is 1. The molecule has 0 saturated carbocycles. The minimum Gasteiger partial charge on any atom is -0.490 e. The fraction of sp³-hybridized carbons (Fsp3) is 0.417. The highest BCUT2D eigenvalue weighted by Gasteiger charge is 2.13. The zero-order chi connectivity index (χ0) is 12.1. The first-order valence-corrected chi connectivity index (χ1v) is 5.96. The number of aldehydes is 1. The number of carbonyl (C=O) groups is 1. The molecule has 88 valence electrons. The summed E-state index contributed by atoms with van der Waals surface area (Å²) >= 11 is 3.33. The minimum absolute atomic E-state index is 0.000850. The Hall–Kier alpha value is -1.03. The van der Waals surface area contributed by atoms with Gasteiger partial charge in [-0.1, -0.05) is 15.9 Å². The third-order valence-corrected chi connectivity index (χ3v) is 2.29. The zero-order valence-electron chi connectivity index (χ0n) is 9.62. The lowest BCUT2D eigenvalue weighted by Crippen LogP contribution is -2.09. The number of hydrogen-bond donors (Lipinski definition) is 0. The van der Waals surface area contributed by atoms with E-state index in [1.807, 2.05) is 20.8 Å². The summed E-state index contributed by atoms with van der Waals surface area (Å²) in [6, 6.07) is 3.52. The topological polar surface area (TPSA) is 35.5 Å². The van der Waals surface area contributed by atoms with Gasteiger partial charge in [-0.25, -0.2) is 0 Å². The standard InChI is InChI=1S/C12H15BrO3/c1-4-15-11-6-10(13)5-9(7-14)12(11)16-8(2)3/h5-8H,4H2,1-3H3. The van der Waals surface area contributed by atoms with Crippen LogP contribution in [0.4, 0.5) is 0 Å². The highest BCUT2D eigenvalue weighted by atomic mass is 79.9. The molecule has 0 fully saturated rings. The first-order chi connectivity index (χ1) is 7.58. The number of hydrogen-bond acceptors (Lipinski definition) is 3. The van der Waals surface area contributed by atoms with E-state index >= 15 is 0 Å². The van der Waals surface area contributed by atoms with Crippen LogP contribution in [0.25, 0.3) is 0 Å². The van der Waals surface area contributed by atoms with Crippen LogP contribution < -0.4 is 9.47 Å². The molecule has 0 N–H and O–H groups in total. The van der Waals surface area contributed by atoms with Crippen molar-refractivity contribution in [3.8, 4) is 11.5 Å². The second-order valence-electron chi connectivity index (χ2n) is 3.54. The van der Waals surface area contributed by atoms with Crippen LogP contribution in [0.15, 0.2) is 16.6 Å². The predicted octanol–water partition coefficient (Wildman–Crippen LogP) is 3.45. The van der Waals surface area contributed by atoms with Gasteiger partial charge in [-0.05, 0) is 32.9 Å². The van der Waals surface area contributed by atoms with Gasteiger partial charge in [-0.15, -0.1) is 0 Å². The maximum atomic E-state index is 11.0. The molecule has 1 rings (SSSR count). The van der Waals surface area contributed by atoms with Gasteiger partial charge in [0.1, 0.15) is 0 Å². The van der Waals surface area contributed by atoms with Crippen molar-refractivity contribution in [2.45, 2.75) is 26.9 Å². The largest absolute Gasteiger partial charge is 0.490 e. The SMILES string of the molecule is CCOc1cc(Br)cc(C=O)c1OC(C)C. The van der Waals surface area contributed by atoms with Crippen LogP contribution >= 0.6 is 15.9 Å². The molecule has 1 aromatic rings. The van der Waals surface area contributed by atoms with Crippen LogP contribution in [0.3, 0.4) is 0 Å². The quantitative estimate of drug-likeness (QED) is 0.778. The molecule has 0 unspecified atom stereocenters. The van der Waals surface area contributed by atoms with E-state index in [0.29, 0.717) is 23.7 Å². The normalized spacial score (nSPS) is 10.3. The Morgan fingerprint density at radius 2 is 2.12 bits per heavy atom. The number of benzene rings is 1. The molecule has 0 radical (unpaired) electrons. The van der Waals surface area contributed by atoms with E-state index in [9.17, 15) is 4.79 Å². The monoisotopic (exact) mass is 286 g/mol. The molecule has 0 heterocycles. The maximum Gasteiger partial charge on any atom is 0.172 e. The Kier molecular flexibility index (Phi) is 4.80. The number of carbonyl (C=O) groups excluding carboxylic acids is 1. The highest BCUT2D eigenvalue weighted by molar-refractivity contribution is 9.10. The molecule has 0 bridgehead atoms. The third kappa shape index (κ3) is 3.23. The van der Waals surface area contributed by atoms with E-state index in [4.69, 9.17) is 9.47 Å². The molecule has 0 aliphatic heterocycles. The molecule has 0 spiro atoms. The van der Waals surface area contributed by atoms with E-state index in [1.165, 1.54) is 0 Å². The van der Waals surface area contributed by atoms with E-state index in [0.717, 1.165) is 10.8 Å². The van der Waals surface area contributed by atoms with Gasteiger partial charge >= 0.3 is 0 Å². The van der Waals surface area contributed by atoms with Gasteiger partial charge < -0.3 is 9.47 Å². The smallest absolute Gasteiger partial charge is 0.172 e. The van der Waals surface area contributed by atoms with Crippen molar-refractivity contribution >= 4 is 22.2 Å². The molecular formula is C12H15BrO3. The second kappa shape index (κ2) is 5.89. The summed E-state index contributed by atoms with van der Waals surface area (Å²) in [5, 5.41) is 0. The summed E-state index contributed by atoms with van der Waals surface area (Å²) < 4.78 is 11.8. The van der Waals surface area contributed by atoms with E-state index in [2.05, 4.69) is 15.9 Å². The molecular weight excluding hydrogens is 272 g/mol. The maximum absolute atomic E-state index is 11.0. The Morgan fingerprint density at radius 3 is 2.62 bits per heavy atom. The molecule has 3 nitrogen and oxygen atoms in total. The lowest BCUT2D eigenvalue weighted by molar-refractivity contribution is 0.111. The van der Waals surface area contributed by atoms with Crippen molar-refractivity contribution in [1.82, 2.24) is 0 Å². The first kappa shape index (κ1) is 13.0. The van der Waals surface area contributed by atoms with Crippen molar-refractivity contribution in [3.63, 3.8) is 0 Å². The van der Waals surface area contributed by atoms with Crippen molar-refractivity contribution < 1.29 is 14.3 Å². The van der Waals surface area contributed by atoms with Crippen LogP contribution in [0, 0.1) is 0 Å². The lowest BCUT2D eigenvalue weighted by Gasteiger charge is -2.16. The third-order valence-electron chi connectivity index (χ3n) is 1.83. The summed E-state index contributed by atoms with van der Waals surface area (Å²) in [6.45, 7) is 6.24. The van der Waals surface area contributed by atoms with Crippen LogP contribution in [-0.4, -0.2) is 19.0 Å². The molecule has 16 heavy (non-hydrogen) atoms. The van der Waals surface area contributed by atoms with Crippen LogP contribution in [0.2, 0.25) is 0 Å². The molecule has 0 aliphatic rings. The lowest BCUT2D eigenvalue weighted by atomic mass is 10.2. The molecule has 0 saturated heterocycles. The van der Waals surface area contributed by atoms with Crippen molar-refractivity contribution in [3.05, 3.63) is 22.2 Å². The fourth-order valence-corrected chi connectivity index (χ4v) is 1.76.